The molecule has 18 heavy (non-hydrogen) atoms. The van der Waals surface area contributed by atoms with Gasteiger partial charge in [-0.1, -0.05) is 26.0 Å². The summed E-state index contributed by atoms with van der Waals surface area (Å²) in [5, 5.41) is 21.9. The number of benzene rings is 1. The van der Waals surface area contributed by atoms with E-state index in [0.717, 1.165) is 18.5 Å². The molecule has 0 aliphatic heterocycles. The van der Waals surface area contributed by atoms with Crippen molar-refractivity contribution in [2.24, 2.45) is 5.92 Å². The highest BCUT2D eigenvalue weighted by Crippen LogP contribution is 2.14. The molecule has 2 atom stereocenters. The molecule has 0 aromatic heterocycles. The Morgan fingerprint density at radius 2 is 2.06 bits per heavy atom. The van der Waals surface area contributed by atoms with Gasteiger partial charge in [0.2, 0.25) is 0 Å². The van der Waals surface area contributed by atoms with E-state index in [1.54, 1.807) is 6.07 Å². The van der Waals surface area contributed by atoms with Gasteiger partial charge in [-0.3, -0.25) is 0 Å². The molecule has 1 aromatic rings. The summed E-state index contributed by atoms with van der Waals surface area (Å²) in [4.78, 5) is 0. The molecule has 98 valence electrons. The molecule has 0 aliphatic rings. The fourth-order valence-corrected chi connectivity index (χ4v) is 1.78. The Morgan fingerprint density at radius 1 is 1.33 bits per heavy atom. The predicted octanol–water partition coefficient (Wildman–Crippen LogP) is 2.62. The van der Waals surface area contributed by atoms with Gasteiger partial charge in [0.1, 0.15) is 0 Å². The van der Waals surface area contributed by atoms with E-state index < -0.39 is 0 Å². The summed E-state index contributed by atoms with van der Waals surface area (Å²) in [6.45, 7) is 6.88. The van der Waals surface area contributed by atoms with Gasteiger partial charge in [-0.05, 0) is 43.5 Å². The molecule has 0 radical (unpaired) electrons. The van der Waals surface area contributed by atoms with Crippen LogP contribution < -0.4 is 5.32 Å². The van der Waals surface area contributed by atoms with Crippen LogP contribution >= 0.6 is 0 Å². The second-order valence-corrected chi connectivity index (χ2v) is 5.01. The van der Waals surface area contributed by atoms with Gasteiger partial charge < -0.3 is 10.4 Å². The normalized spacial score (nSPS) is 14.2. The fraction of sp³-hybridized carbons (Fsp3) is 0.533. The number of hydrogen-bond acceptors (Lipinski definition) is 3. The van der Waals surface area contributed by atoms with E-state index >= 15 is 0 Å². The van der Waals surface area contributed by atoms with Crippen LogP contribution in [0.4, 0.5) is 0 Å². The van der Waals surface area contributed by atoms with Gasteiger partial charge in [0, 0.05) is 6.04 Å². The third kappa shape index (κ3) is 4.48. The molecule has 0 saturated heterocycles. The van der Waals surface area contributed by atoms with Crippen molar-refractivity contribution in [1.29, 1.82) is 5.26 Å². The summed E-state index contributed by atoms with van der Waals surface area (Å²) in [5.41, 5.74) is 1.79. The van der Waals surface area contributed by atoms with Crippen LogP contribution in [0.2, 0.25) is 0 Å². The molecule has 0 bridgehead atoms. The summed E-state index contributed by atoms with van der Waals surface area (Å²) in [6.07, 6.45) is 0.495. The summed E-state index contributed by atoms with van der Waals surface area (Å²) in [6, 6.07) is 9.95. The minimum atomic E-state index is -0.254. The lowest BCUT2D eigenvalue weighted by Crippen LogP contribution is -2.25. The molecule has 0 amide bonds. The lowest BCUT2D eigenvalue weighted by Gasteiger charge is -2.18. The number of rotatable bonds is 6. The summed E-state index contributed by atoms with van der Waals surface area (Å²) >= 11 is 0. The quantitative estimate of drug-likeness (QED) is 0.811. The zero-order valence-electron chi connectivity index (χ0n) is 11.4. The molecule has 0 heterocycles. The van der Waals surface area contributed by atoms with Gasteiger partial charge >= 0.3 is 0 Å². The average molecular weight is 246 g/mol. The first kappa shape index (κ1) is 14.7. The van der Waals surface area contributed by atoms with E-state index in [1.165, 1.54) is 0 Å². The molecule has 3 heteroatoms. The van der Waals surface area contributed by atoms with Gasteiger partial charge in [-0.25, -0.2) is 0 Å². The molecular formula is C15H22N2O. The standard InChI is InChI=1S/C15H22N2O/c1-11(2)15(18)7-8-17-12(3)14-6-4-5-13(9-14)10-16/h4-6,9,11-12,15,17-18H,7-8H2,1-3H3/t12-,15-/m1/s1. The maximum Gasteiger partial charge on any atom is 0.0991 e. The lowest BCUT2D eigenvalue weighted by molar-refractivity contribution is 0.115. The Kier molecular flexibility index (Phi) is 5.84. The Hall–Kier alpha value is -1.37. The van der Waals surface area contributed by atoms with Gasteiger partial charge in [-0.2, -0.15) is 5.26 Å². The van der Waals surface area contributed by atoms with Gasteiger partial charge in [-0.15, -0.1) is 0 Å². The minimum absolute atomic E-state index is 0.192. The van der Waals surface area contributed by atoms with Crippen molar-refractivity contribution < 1.29 is 5.11 Å². The highest BCUT2D eigenvalue weighted by atomic mass is 16.3. The first-order valence-corrected chi connectivity index (χ1v) is 6.46. The van der Waals surface area contributed by atoms with Crippen LogP contribution in [0.15, 0.2) is 24.3 Å². The number of nitrogens with zero attached hydrogens (tertiary/aromatic N) is 1. The Balaban J connectivity index is 2.45. The highest BCUT2D eigenvalue weighted by Gasteiger charge is 2.10. The minimum Gasteiger partial charge on any atom is -0.393 e. The second kappa shape index (κ2) is 7.15. The first-order chi connectivity index (χ1) is 8.54. The van der Waals surface area contributed by atoms with Crippen LogP contribution in [0.25, 0.3) is 0 Å². The van der Waals surface area contributed by atoms with Crippen molar-refractivity contribution in [3.63, 3.8) is 0 Å². The summed E-state index contributed by atoms with van der Waals surface area (Å²) in [7, 11) is 0. The maximum atomic E-state index is 9.71. The van der Waals surface area contributed by atoms with Crippen LogP contribution in [0, 0.1) is 17.2 Å². The van der Waals surface area contributed by atoms with Crippen molar-refractivity contribution in [3.05, 3.63) is 35.4 Å². The van der Waals surface area contributed by atoms with Gasteiger partial charge in [0.05, 0.1) is 17.7 Å². The largest absolute Gasteiger partial charge is 0.393 e. The Morgan fingerprint density at radius 3 is 2.67 bits per heavy atom. The molecule has 1 rings (SSSR count). The molecule has 0 aliphatic carbocycles. The molecule has 0 unspecified atom stereocenters. The van der Waals surface area contributed by atoms with E-state index in [-0.39, 0.29) is 12.1 Å². The van der Waals surface area contributed by atoms with Crippen molar-refractivity contribution in [3.8, 4) is 6.07 Å². The van der Waals surface area contributed by atoms with Crippen LogP contribution in [0.3, 0.4) is 0 Å². The topological polar surface area (TPSA) is 56.0 Å². The molecule has 0 saturated carbocycles. The second-order valence-electron chi connectivity index (χ2n) is 5.01. The zero-order valence-corrected chi connectivity index (χ0v) is 11.4. The number of aliphatic hydroxyl groups is 1. The smallest absolute Gasteiger partial charge is 0.0991 e. The van der Waals surface area contributed by atoms with Crippen molar-refractivity contribution in [2.45, 2.75) is 39.3 Å². The van der Waals surface area contributed by atoms with E-state index in [9.17, 15) is 5.11 Å². The van der Waals surface area contributed by atoms with E-state index in [0.29, 0.717) is 11.5 Å². The monoisotopic (exact) mass is 246 g/mol. The van der Waals surface area contributed by atoms with Crippen LogP contribution in [0.1, 0.15) is 44.4 Å². The van der Waals surface area contributed by atoms with Crippen molar-refractivity contribution in [1.82, 2.24) is 5.32 Å². The fourth-order valence-electron chi connectivity index (χ4n) is 1.78. The van der Waals surface area contributed by atoms with Crippen LogP contribution in [0.5, 0.6) is 0 Å². The molecule has 3 nitrogen and oxygen atoms in total. The number of hydrogen-bond donors (Lipinski definition) is 2. The lowest BCUT2D eigenvalue weighted by atomic mass is 10.0. The number of nitrogens with one attached hydrogen (secondary N) is 1. The zero-order chi connectivity index (χ0) is 13.5. The summed E-state index contributed by atoms with van der Waals surface area (Å²) in [5.74, 6) is 0.295. The van der Waals surface area contributed by atoms with Gasteiger partial charge in [0.25, 0.3) is 0 Å². The Labute approximate surface area is 109 Å². The molecule has 0 spiro atoms. The van der Waals surface area contributed by atoms with Crippen LogP contribution in [-0.2, 0) is 0 Å². The Bertz CT molecular complexity index is 409. The van der Waals surface area contributed by atoms with Crippen LogP contribution in [-0.4, -0.2) is 17.8 Å². The molecule has 2 N–H and O–H groups in total. The van der Waals surface area contributed by atoms with E-state index in [4.69, 9.17) is 5.26 Å². The third-order valence-electron chi connectivity index (χ3n) is 3.18. The maximum absolute atomic E-state index is 9.71. The molecule has 1 aromatic carbocycles. The predicted molar refractivity (Wildman–Crippen MR) is 73.0 cm³/mol. The first-order valence-electron chi connectivity index (χ1n) is 6.46. The summed E-state index contributed by atoms with van der Waals surface area (Å²) < 4.78 is 0. The average Bonchev–Trinajstić information content (AvgIpc) is 2.38. The number of nitriles is 1. The van der Waals surface area contributed by atoms with E-state index in [2.05, 4.69) is 18.3 Å². The van der Waals surface area contributed by atoms with Gasteiger partial charge in [0.15, 0.2) is 0 Å². The van der Waals surface area contributed by atoms with E-state index in [1.807, 2.05) is 32.0 Å². The third-order valence-corrected chi connectivity index (χ3v) is 3.18. The SMILES string of the molecule is CC(C)[C@H](O)CCN[C@H](C)c1cccc(C#N)c1. The molecule has 0 fully saturated rings. The molecular weight excluding hydrogens is 224 g/mol. The number of aliphatic hydroxyl groups excluding tert-OH is 1. The van der Waals surface area contributed by atoms with Crippen molar-refractivity contribution in [2.75, 3.05) is 6.54 Å². The van der Waals surface area contributed by atoms with Crippen molar-refractivity contribution >= 4 is 0 Å². The highest BCUT2D eigenvalue weighted by molar-refractivity contribution is 5.33.